The minimum Gasteiger partial charge on any atom is -0.390 e. The number of aromatic nitrogens is 2. The SMILES string of the molecule is COCCc1cc(NC(=O)NC2c3ccccc3CC2O)n(C)n1. The van der Waals surface area contributed by atoms with E-state index in [4.69, 9.17) is 4.74 Å². The lowest BCUT2D eigenvalue weighted by Gasteiger charge is -2.18. The summed E-state index contributed by atoms with van der Waals surface area (Å²) in [6.07, 6.45) is 0.619. The molecule has 2 aromatic rings. The third-order valence-corrected chi connectivity index (χ3v) is 4.22. The molecule has 24 heavy (non-hydrogen) atoms. The molecule has 1 aromatic heterocycles. The van der Waals surface area contributed by atoms with E-state index in [-0.39, 0.29) is 6.03 Å². The number of carbonyl (C=O) groups excluding carboxylic acids is 1. The fourth-order valence-electron chi connectivity index (χ4n) is 3.01. The molecule has 1 aliphatic rings. The molecule has 0 bridgehead atoms. The first kappa shape index (κ1) is 16.5. The molecule has 0 radical (unpaired) electrons. The highest BCUT2D eigenvalue weighted by Gasteiger charge is 2.31. The smallest absolute Gasteiger partial charge is 0.320 e. The summed E-state index contributed by atoms with van der Waals surface area (Å²) in [7, 11) is 3.41. The monoisotopic (exact) mass is 330 g/mol. The lowest BCUT2D eigenvalue weighted by Crippen LogP contribution is -2.37. The van der Waals surface area contributed by atoms with Crippen LogP contribution >= 0.6 is 0 Å². The second-order valence-electron chi connectivity index (χ2n) is 5.93. The number of hydrogen-bond donors (Lipinski definition) is 3. The summed E-state index contributed by atoms with van der Waals surface area (Å²) in [5.74, 6) is 0.597. The summed E-state index contributed by atoms with van der Waals surface area (Å²) in [5, 5.41) is 20.2. The average Bonchev–Trinajstić information content (AvgIpc) is 3.06. The molecule has 128 valence electrons. The number of aliphatic hydroxyl groups excluding tert-OH is 1. The summed E-state index contributed by atoms with van der Waals surface area (Å²) in [6, 6.07) is 8.81. The highest BCUT2D eigenvalue weighted by molar-refractivity contribution is 5.88. The minimum atomic E-state index is -0.614. The Morgan fingerprint density at radius 1 is 1.46 bits per heavy atom. The Morgan fingerprint density at radius 2 is 2.25 bits per heavy atom. The van der Waals surface area contributed by atoms with Crippen molar-refractivity contribution in [2.45, 2.75) is 25.0 Å². The summed E-state index contributed by atoms with van der Waals surface area (Å²) in [6.45, 7) is 0.577. The maximum absolute atomic E-state index is 12.3. The van der Waals surface area contributed by atoms with Gasteiger partial charge in [-0.1, -0.05) is 24.3 Å². The van der Waals surface area contributed by atoms with E-state index >= 15 is 0 Å². The molecule has 7 nitrogen and oxygen atoms in total. The van der Waals surface area contributed by atoms with Crippen LogP contribution in [0.5, 0.6) is 0 Å². The lowest BCUT2D eigenvalue weighted by atomic mass is 10.1. The van der Waals surface area contributed by atoms with Gasteiger partial charge in [-0.3, -0.25) is 10.00 Å². The maximum atomic E-state index is 12.3. The van der Waals surface area contributed by atoms with Crippen LogP contribution in [0, 0.1) is 0 Å². The largest absolute Gasteiger partial charge is 0.390 e. The third-order valence-electron chi connectivity index (χ3n) is 4.22. The molecule has 0 saturated carbocycles. The Bertz CT molecular complexity index is 728. The van der Waals surface area contributed by atoms with Crippen molar-refractivity contribution in [2.24, 2.45) is 7.05 Å². The van der Waals surface area contributed by atoms with Crippen molar-refractivity contribution in [2.75, 3.05) is 19.0 Å². The normalized spacial score (nSPS) is 19.1. The van der Waals surface area contributed by atoms with Crippen LogP contribution < -0.4 is 10.6 Å². The number of anilines is 1. The van der Waals surface area contributed by atoms with Crippen molar-refractivity contribution < 1.29 is 14.6 Å². The summed E-state index contributed by atoms with van der Waals surface area (Å²) in [4.78, 5) is 12.3. The number of aryl methyl sites for hydroxylation is 1. The number of nitrogens with one attached hydrogen (secondary N) is 2. The Kier molecular flexibility index (Phi) is 4.82. The predicted molar refractivity (Wildman–Crippen MR) is 89.8 cm³/mol. The number of carbonyl (C=O) groups is 1. The summed E-state index contributed by atoms with van der Waals surface area (Å²) >= 11 is 0. The number of aliphatic hydroxyl groups is 1. The molecule has 0 aliphatic heterocycles. The van der Waals surface area contributed by atoms with Gasteiger partial charge in [-0.05, 0) is 11.1 Å². The van der Waals surface area contributed by atoms with Crippen molar-refractivity contribution in [3.8, 4) is 0 Å². The zero-order valence-corrected chi connectivity index (χ0v) is 13.8. The zero-order chi connectivity index (χ0) is 17.1. The number of ether oxygens (including phenoxy) is 1. The molecule has 0 saturated heterocycles. The van der Waals surface area contributed by atoms with E-state index in [1.54, 1.807) is 18.8 Å². The highest BCUT2D eigenvalue weighted by Crippen LogP contribution is 2.31. The standard InChI is InChI=1S/C17H22N4O3/c1-21-15(10-12(20-21)7-8-24-2)18-17(23)19-16-13-6-4-3-5-11(13)9-14(16)22/h3-6,10,14,16,22H,7-9H2,1-2H3,(H2,18,19,23). The molecule has 1 heterocycles. The molecule has 7 heteroatoms. The van der Waals surface area contributed by atoms with E-state index in [1.165, 1.54) is 0 Å². The van der Waals surface area contributed by atoms with Crippen LogP contribution in [0.15, 0.2) is 30.3 Å². The van der Waals surface area contributed by atoms with Gasteiger partial charge in [0.05, 0.1) is 24.4 Å². The number of fused-ring (bicyclic) bond motifs is 1. The number of rotatable bonds is 5. The van der Waals surface area contributed by atoms with E-state index in [0.717, 1.165) is 16.8 Å². The van der Waals surface area contributed by atoms with Gasteiger partial charge in [0.15, 0.2) is 0 Å². The molecule has 1 aliphatic carbocycles. The van der Waals surface area contributed by atoms with E-state index in [2.05, 4.69) is 15.7 Å². The first-order valence-electron chi connectivity index (χ1n) is 7.93. The van der Waals surface area contributed by atoms with Crippen molar-refractivity contribution >= 4 is 11.8 Å². The topological polar surface area (TPSA) is 88.4 Å². The van der Waals surface area contributed by atoms with Crippen LogP contribution in [0.4, 0.5) is 10.6 Å². The van der Waals surface area contributed by atoms with Gasteiger partial charge in [0.25, 0.3) is 0 Å². The Hall–Kier alpha value is -2.38. The van der Waals surface area contributed by atoms with E-state index in [9.17, 15) is 9.90 Å². The van der Waals surface area contributed by atoms with E-state index in [1.807, 2.05) is 30.3 Å². The van der Waals surface area contributed by atoms with Crippen LogP contribution in [0.1, 0.15) is 22.9 Å². The fraction of sp³-hybridized carbons (Fsp3) is 0.412. The molecule has 0 spiro atoms. The Labute approximate surface area is 140 Å². The number of methoxy groups -OCH3 is 1. The van der Waals surface area contributed by atoms with Gasteiger partial charge in [0.2, 0.25) is 0 Å². The van der Waals surface area contributed by atoms with Crippen LogP contribution in [0.2, 0.25) is 0 Å². The van der Waals surface area contributed by atoms with E-state index in [0.29, 0.717) is 25.3 Å². The maximum Gasteiger partial charge on any atom is 0.320 e. The van der Waals surface area contributed by atoms with Crippen molar-refractivity contribution in [3.05, 3.63) is 47.2 Å². The molecule has 0 fully saturated rings. The molecular weight excluding hydrogens is 308 g/mol. The van der Waals surface area contributed by atoms with Gasteiger partial charge in [-0.25, -0.2) is 4.79 Å². The molecular formula is C17H22N4O3. The predicted octanol–water partition coefficient (Wildman–Crippen LogP) is 1.39. The minimum absolute atomic E-state index is 0.364. The van der Waals surface area contributed by atoms with Crippen LogP contribution in [0.3, 0.4) is 0 Å². The first-order chi connectivity index (χ1) is 11.6. The molecule has 2 amide bonds. The number of benzene rings is 1. The van der Waals surface area contributed by atoms with Crippen LogP contribution in [0.25, 0.3) is 0 Å². The number of amides is 2. The average molecular weight is 330 g/mol. The Morgan fingerprint density at radius 3 is 3.04 bits per heavy atom. The molecule has 1 aromatic carbocycles. The van der Waals surface area contributed by atoms with E-state index < -0.39 is 12.1 Å². The zero-order valence-electron chi connectivity index (χ0n) is 13.8. The third kappa shape index (κ3) is 3.42. The van der Waals surface area contributed by atoms with Gasteiger partial charge >= 0.3 is 6.03 Å². The summed E-state index contributed by atoms with van der Waals surface area (Å²) < 4.78 is 6.65. The second-order valence-corrected chi connectivity index (χ2v) is 5.93. The van der Waals surface area contributed by atoms with Crippen LogP contribution in [-0.4, -0.2) is 40.7 Å². The highest BCUT2D eigenvalue weighted by atomic mass is 16.5. The molecule has 3 rings (SSSR count). The van der Waals surface area contributed by atoms with Gasteiger partial charge in [-0.15, -0.1) is 0 Å². The van der Waals surface area contributed by atoms with Gasteiger partial charge < -0.3 is 15.2 Å². The van der Waals surface area contributed by atoms with Gasteiger partial charge in [0, 0.05) is 33.1 Å². The van der Waals surface area contributed by atoms with Crippen LogP contribution in [-0.2, 0) is 24.6 Å². The number of nitrogens with zero attached hydrogens (tertiary/aromatic N) is 2. The lowest BCUT2D eigenvalue weighted by molar-refractivity contribution is 0.144. The Balaban J connectivity index is 1.65. The molecule has 2 atom stereocenters. The molecule has 3 N–H and O–H groups in total. The quantitative estimate of drug-likeness (QED) is 0.773. The second kappa shape index (κ2) is 7.02. The van der Waals surface area contributed by atoms with Crippen molar-refractivity contribution in [1.82, 2.24) is 15.1 Å². The van der Waals surface area contributed by atoms with Crippen molar-refractivity contribution in [1.29, 1.82) is 0 Å². The number of urea groups is 1. The first-order valence-corrected chi connectivity index (χ1v) is 7.93. The summed E-state index contributed by atoms with van der Waals surface area (Å²) in [5.41, 5.74) is 2.88. The van der Waals surface area contributed by atoms with Crippen molar-refractivity contribution in [3.63, 3.8) is 0 Å². The van der Waals surface area contributed by atoms with Gasteiger partial charge in [0.1, 0.15) is 5.82 Å². The van der Waals surface area contributed by atoms with Gasteiger partial charge in [-0.2, -0.15) is 5.10 Å². The molecule has 2 unspecified atom stereocenters. The number of hydrogen-bond acceptors (Lipinski definition) is 4. The fourth-order valence-corrected chi connectivity index (χ4v) is 3.01.